The molecule has 1 rings (SSSR count). The third kappa shape index (κ3) is 3.43. The fourth-order valence-corrected chi connectivity index (χ4v) is 1.64. The second kappa shape index (κ2) is 3.76. The zero-order valence-electron chi connectivity index (χ0n) is 7.23. The number of sulfonamides is 1. The van der Waals surface area contributed by atoms with Crippen molar-refractivity contribution < 1.29 is 13.2 Å². The number of rotatable bonds is 3. The van der Waals surface area contributed by atoms with E-state index in [4.69, 9.17) is 9.88 Å². The van der Waals surface area contributed by atoms with Crippen molar-refractivity contribution in [1.29, 1.82) is 0 Å². The fourth-order valence-electron chi connectivity index (χ4n) is 0.995. The number of nitrogens with two attached hydrogens (primary N) is 1. The highest BCUT2D eigenvalue weighted by molar-refractivity contribution is 7.88. The minimum atomic E-state index is -3.46. The summed E-state index contributed by atoms with van der Waals surface area (Å²) in [5.41, 5.74) is 0.627. The van der Waals surface area contributed by atoms with Crippen LogP contribution in [-0.2, 0) is 15.8 Å². The van der Waals surface area contributed by atoms with Gasteiger partial charge in [-0.05, 0) is 17.7 Å². The summed E-state index contributed by atoms with van der Waals surface area (Å²) < 4.78 is 26.4. The topological polar surface area (TPSA) is 69.4 Å². The summed E-state index contributed by atoms with van der Waals surface area (Å²) in [5.74, 6) is 0.464. The molecule has 0 atom stereocenters. The van der Waals surface area contributed by atoms with E-state index in [9.17, 15) is 8.42 Å². The molecule has 72 valence electrons. The van der Waals surface area contributed by atoms with Gasteiger partial charge in [0.05, 0.1) is 12.9 Å². The Kier molecular flexibility index (Phi) is 2.90. The third-order valence-corrected chi connectivity index (χ3v) is 2.24. The van der Waals surface area contributed by atoms with Crippen LogP contribution in [0.3, 0.4) is 0 Å². The molecule has 0 amide bonds. The van der Waals surface area contributed by atoms with Gasteiger partial charge in [-0.15, -0.1) is 0 Å². The van der Waals surface area contributed by atoms with Gasteiger partial charge in [-0.1, -0.05) is 12.1 Å². The zero-order valence-corrected chi connectivity index (χ0v) is 8.04. The van der Waals surface area contributed by atoms with Crippen molar-refractivity contribution in [3.8, 4) is 5.75 Å². The Bertz CT molecular complexity index is 386. The summed E-state index contributed by atoms with van der Waals surface area (Å²) in [6, 6.07) is 6.79. The first-order valence-corrected chi connectivity index (χ1v) is 5.36. The first-order chi connectivity index (χ1) is 6.01. The van der Waals surface area contributed by atoms with Crippen LogP contribution in [0.2, 0.25) is 0 Å². The van der Waals surface area contributed by atoms with Gasteiger partial charge in [0.25, 0.3) is 0 Å². The molecule has 0 aromatic heterocycles. The normalized spacial score (nSPS) is 11.2. The molecule has 0 bridgehead atoms. The molecule has 1 aromatic carbocycles. The number of primary sulfonamides is 1. The molecule has 0 aliphatic carbocycles. The lowest BCUT2D eigenvalue weighted by Crippen LogP contribution is -2.14. The molecule has 0 saturated carbocycles. The summed E-state index contributed by atoms with van der Waals surface area (Å²) >= 11 is 0. The molecular formula is C8H11NO3S. The fraction of sp³-hybridized carbons (Fsp3) is 0.250. The average molecular weight is 201 g/mol. The predicted octanol–water partition coefficient (Wildman–Crippen LogP) is 0.484. The first kappa shape index (κ1) is 10.0. The maximum absolute atomic E-state index is 10.7. The molecule has 4 nitrogen and oxygen atoms in total. The summed E-state index contributed by atoms with van der Waals surface area (Å²) in [5, 5.41) is 4.89. The smallest absolute Gasteiger partial charge is 0.213 e. The van der Waals surface area contributed by atoms with E-state index in [0.717, 1.165) is 0 Å². The molecule has 0 spiro atoms. The van der Waals surface area contributed by atoms with Gasteiger partial charge < -0.3 is 4.74 Å². The van der Waals surface area contributed by atoms with E-state index in [1.165, 1.54) is 7.11 Å². The second-order valence-electron chi connectivity index (χ2n) is 2.66. The van der Waals surface area contributed by atoms with Gasteiger partial charge in [0.1, 0.15) is 5.75 Å². The number of hydrogen-bond donors (Lipinski definition) is 1. The Morgan fingerprint density at radius 1 is 1.46 bits per heavy atom. The highest BCUT2D eigenvalue weighted by Crippen LogP contribution is 2.13. The lowest BCUT2D eigenvalue weighted by Gasteiger charge is -2.02. The zero-order chi connectivity index (χ0) is 9.90. The van der Waals surface area contributed by atoms with E-state index in [0.29, 0.717) is 11.3 Å². The predicted molar refractivity (Wildman–Crippen MR) is 49.8 cm³/mol. The standard InChI is InChI=1S/C8H11NO3S/c1-12-8-4-2-3-7(5-8)6-13(9,10)11/h2-5H,6H2,1H3,(H2,9,10,11). The number of ether oxygens (including phenoxy) is 1. The molecule has 2 N–H and O–H groups in total. The van der Waals surface area contributed by atoms with Crippen LogP contribution in [0.15, 0.2) is 24.3 Å². The van der Waals surface area contributed by atoms with Gasteiger partial charge in [-0.3, -0.25) is 0 Å². The lowest BCUT2D eigenvalue weighted by molar-refractivity contribution is 0.414. The molecule has 5 heteroatoms. The van der Waals surface area contributed by atoms with Crippen molar-refractivity contribution in [3.05, 3.63) is 29.8 Å². The number of hydrogen-bond acceptors (Lipinski definition) is 3. The van der Waals surface area contributed by atoms with Gasteiger partial charge in [-0.25, -0.2) is 13.6 Å². The molecule has 13 heavy (non-hydrogen) atoms. The van der Waals surface area contributed by atoms with Gasteiger partial charge in [0.2, 0.25) is 10.0 Å². The second-order valence-corrected chi connectivity index (χ2v) is 4.27. The number of benzene rings is 1. The summed E-state index contributed by atoms with van der Waals surface area (Å²) in [6.45, 7) is 0. The van der Waals surface area contributed by atoms with E-state index in [1.807, 2.05) is 0 Å². The summed E-state index contributed by atoms with van der Waals surface area (Å²) in [6.07, 6.45) is 0. The van der Waals surface area contributed by atoms with Crippen molar-refractivity contribution in [2.75, 3.05) is 7.11 Å². The molecule has 0 fully saturated rings. The van der Waals surface area contributed by atoms with Gasteiger partial charge >= 0.3 is 0 Å². The minimum Gasteiger partial charge on any atom is -0.497 e. The Balaban J connectivity index is 2.90. The largest absolute Gasteiger partial charge is 0.497 e. The van der Waals surface area contributed by atoms with Crippen LogP contribution in [0.5, 0.6) is 5.75 Å². The maximum Gasteiger partial charge on any atom is 0.213 e. The van der Waals surface area contributed by atoms with Crippen molar-refractivity contribution >= 4 is 10.0 Å². The number of methoxy groups -OCH3 is 1. The van der Waals surface area contributed by atoms with Crippen LogP contribution in [0, 0.1) is 0 Å². The van der Waals surface area contributed by atoms with Gasteiger partial charge in [-0.2, -0.15) is 0 Å². The van der Waals surface area contributed by atoms with Crippen LogP contribution >= 0.6 is 0 Å². The Morgan fingerprint density at radius 3 is 2.69 bits per heavy atom. The monoisotopic (exact) mass is 201 g/mol. The van der Waals surface area contributed by atoms with E-state index in [1.54, 1.807) is 24.3 Å². The molecule has 0 unspecified atom stereocenters. The Labute approximate surface area is 77.4 Å². The van der Waals surface area contributed by atoms with Crippen LogP contribution < -0.4 is 9.88 Å². The van der Waals surface area contributed by atoms with E-state index < -0.39 is 10.0 Å². The van der Waals surface area contributed by atoms with E-state index in [2.05, 4.69) is 0 Å². The molecule has 0 heterocycles. The van der Waals surface area contributed by atoms with Crippen molar-refractivity contribution in [1.82, 2.24) is 0 Å². The minimum absolute atomic E-state index is 0.163. The molecule has 0 radical (unpaired) electrons. The van der Waals surface area contributed by atoms with Crippen LogP contribution in [0.1, 0.15) is 5.56 Å². The summed E-state index contributed by atoms with van der Waals surface area (Å²) in [7, 11) is -1.93. The first-order valence-electron chi connectivity index (χ1n) is 3.65. The van der Waals surface area contributed by atoms with Gasteiger partial charge in [0, 0.05) is 0 Å². The SMILES string of the molecule is COc1cccc(CS(N)(=O)=O)c1. The Hall–Kier alpha value is -1.07. The van der Waals surface area contributed by atoms with Crippen LogP contribution in [0.25, 0.3) is 0 Å². The average Bonchev–Trinajstić information content (AvgIpc) is 2.01. The van der Waals surface area contributed by atoms with E-state index in [-0.39, 0.29) is 5.75 Å². The van der Waals surface area contributed by atoms with Crippen LogP contribution in [-0.4, -0.2) is 15.5 Å². The molecule has 1 aromatic rings. The van der Waals surface area contributed by atoms with Crippen molar-refractivity contribution in [2.45, 2.75) is 5.75 Å². The molecule has 0 saturated heterocycles. The summed E-state index contributed by atoms with van der Waals surface area (Å²) in [4.78, 5) is 0. The van der Waals surface area contributed by atoms with Crippen LogP contribution in [0.4, 0.5) is 0 Å². The molecular weight excluding hydrogens is 190 g/mol. The Morgan fingerprint density at radius 2 is 2.15 bits per heavy atom. The van der Waals surface area contributed by atoms with E-state index >= 15 is 0 Å². The van der Waals surface area contributed by atoms with Gasteiger partial charge in [0.15, 0.2) is 0 Å². The highest BCUT2D eigenvalue weighted by atomic mass is 32.2. The third-order valence-electron chi connectivity index (χ3n) is 1.50. The maximum atomic E-state index is 10.7. The quantitative estimate of drug-likeness (QED) is 0.773. The molecule has 0 aliphatic rings. The highest BCUT2D eigenvalue weighted by Gasteiger charge is 2.04. The van der Waals surface area contributed by atoms with Crippen molar-refractivity contribution in [2.24, 2.45) is 5.14 Å². The lowest BCUT2D eigenvalue weighted by atomic mass is 10.2. The van der Waals surface area contributed by atoms with Crippen molar-refractivity contribution in [3.63, 3.8) is 0 Å². The molecule has 0 aliphatic heterocycles.